The molecular formula is C115H161F2N2O13P5Si3. The maximum absolute atomic E-state index is 14.0. The highest BCUT2D eigenvalue weighted by atomic mass is 31.2. The quantitative estimate of drug-likeness (QED) is 0.0165. The number of carbonyl (C=O) groups is 4. The number of pyridine rings is 2. The molecule has 3 atom stereocenters. The van der Waals surface area contributed by atoms with Crippen molar-refractivity contribution in [2.75, 3.05) is 72.7 Å². The second-order valence-electron chi connectivity index (χ2n) is 43.6. The molecule has 10 rings (SSSR count). The van der Waals surface area contributed by atoms with Crippen LogP contribution in [0.4, 0.5) is 8.78 Å². The molecule has 0 bridgehead atoms. The molecule has 0 aliphatic rings. The van der Waals surface area contributed by atoms with Gasteiger partial charge in [-0.05, 0) is 223 Å². The zero-order valence-electron chi connectivity index (χ0n) is 89.4. The van der Waals surface area contributed by atoms with Gasteiger partial charge < -0.3 is 41.6 Å². The zero-order chi connectivity index (χ0) is 105. The van der Waals surface area contributed by atoms with Gasteiger partial charge in [0.2, 0.25) is 0 Å². The largest absolute Gasteiger partial charge is 0.481 e. The van der Waals surface area contributed by atoms with E-state index < -0.39 is 78.3 Å². The van der Waals surface area contributed by atoms with E-state index >= 15 is 0 Å². The number of carboxylic acid groups (broad SMARTS) is 1. The van der Waals surface area contributed by atoms with Crippen LogP contribution in [0.5, 0.6) is 0 Å². The molecule has 1 N–H and O–H groups in total. The number of hydrogen-bond donors (Lipinski definition) is 1. The van der Waals surface area contributed by atoms with Crippen LogP contribution in [0.25, 0.3) is 28.3 Å². The van der Waals surface area contributed by atoms with Gasteiger partial charge in [-0.3, -0.25) is 29.1 Å². The molecule has 15 nitrogen and oxygen atoms in total. The van der Waals surface area contributed by atoms with Crippen LogP contribution < -0.4 is 31.8 Å². The predicted molar refractivity (Wildman–Crippen MR) is 606 cm³/mol. The van der Waals surface area contributed by atoms with Gasteiger partial charge in [0.1, 0.15) is 11.6 Å². The van der Waals surface area contributed by atoms with Crippen molar-refractivity contribution in [3.63, 3.8) is 0 Å². The monoisotopic (exact) mass is 2050 g/mol. The molecule has 0 radical (unpaired) electrons. The Labute approximate surface area is 842 Å². The number of halogens is 2. The Morgan fingerprint density at radius 2 is 0.650 bits per heavy atom. The van der Waals surface area contributed by atoms with Gasteiger partial charge in [0, 0.05) is 84.8 Å². The fraction of sp³-hybridized carbons (Fsp3) is 0.426. The molecule has 2 heterocycles. The molecule has 0 fully saturated rings. The number of Topliss-reactive ketones (excluding diaryl/α,β-unsaturated/α-hetero) is 1. The molecule has 0 amide bonds. The Bertz CT molecular complexity index is 5760. The average Bonchev–Trinajstić information content (AvgIpc) is 0.758. The van der Waals surface area contributed by atoms with Crippen LogP contribution in [-0.4, -0.2) is 167 Å². The minimum absolute atomic E-state index is 0.00163. The Kier molecular flexibility index (Phi) is 45.3. The third-order valence-corrected chi connectivity index (χ3v) is 50.8. The number of methoxy groups -OCH3 is 2. The van der Waals surface area contributed by atoms with Gasteiger partial charge >= 0.3 is 5.97 Å². The summed E-state index contributed by atoms with van der Waals surface area (Å²) in [7, 11) is -10.2. The number of rotatable bonds is 38. The van der Waals surface area contributed by atoms with Crippen molar-refractivity contribution < 1.29 is 69.5 Å². The molecule has 25 heteroatoms. The van der Waals surface area contributed by atoms with Gasteiger partial charge in [0.05, 0.1) is 70.8 Å². The van der Waals surface area contributed by atoms with E-state index in [9.17, 15) is 41.7 Å². The number of carboxylic acids is 1. The Morgan fingerprint density at radius 3 is 0.900 bits per heavy atom. The summed E-state index contributed by atoms with van der Waals surface area (Å²) in [6, 6.07) is 75.7. The van der Waals surface area contributed by atoms with Gasteiger partial charge in [-0.1, -0.05) is 330 Å². The lowest BCUT2D eigenvalue weighted by Crippen LogP contribution is -2.45. The first-order valence-electron chi connectivity index (χ1n) is 48.5. The summed E-state index contributed by atoms with van der Waals surface area (Å²) in [4.78, 5) is 60.1. The maximum Gasteiger partial charge on any atom is 0.305 e. The molecule has 0 aliphatic heterocycles. The molecule has 0 unspecified atom stereocenters. The fourth-order valence-electron chi connectivity index (χ4n) is 15.9. The number of ketones is 2. The van der Waals surface area contributed by atoms with Gasteiger partial charge in [0.25, 0.3) is 0 Å². The molecule has 2 aromatic heterocycles. The summed E-state index contributed by atoms with van der Waals surface area (Å²) in [5.41, 5.74) is 10.1. The van der Waals surface area contributed by atoms with Crippen molar-refractivity contribution in [2.45, 2.75) is 247 Å². The van der Waals surface area contributed by atoms with Crippen LogP contribution in [0.1, 0.15) is 210 Å². The van der Waals surface area contributed by atoms with Crippen molar-refractivity contribution in [1.82, 2.24) is 9.97 Å². The summed E-state index contributed by atoms with van der Waals surface area (Å²) in [6.07, 6.45) is 9.18. The number of hydrogen-bond acceptors (Lipinski definition) is 14. The van der Waals surface area contributed by atoms with E-state index in [1.807, 2.05) is 80.3 Å². The summed E-state index contributed by atoms with van der Waals surface area (Å²) < 4.78 is 95.3. The first-order chi connectivity index (χ1) is 65.0. The lowest BCUT2D eigenvalue weighted by Gasteiger charge is -2.39. The third-order valence-electron chi connectivity index (χ3n) is 25.8. The third kappa shape index (κ3) is 35.4. The highest BCUT2D eigenvalue weighted by Gasteiger charge is 2.44. The second kappa shape index (κ2) is 52.6. The summed E-state index contributed by atoms with van der Waals surface area (Å²) in [5, 5.41) is 16.3. The number of aromatic nitrogens is 2. The number of carbonyl (C=O) groups excluding carboxylic acids is 3. The lowest BCUT2D eigenvalue weighted by atomic mass is 9.87. The standard InChI is InChI=1S/C33H51FNO4PSi.C31H42O3P2Si.C20H24FNO2.C19H17P.C12H27O4PSi/c1-22(2)31-28(18-17-26(36)19-27(21-40(9,10)37)39-41(11,12)33(5,6)7)30(24-13-15-25(34)16-14-24)29(20-38-8)32(35-31)23(3)4;1-31(2,3)37(6,7)34-27(25-35(4,5)33)23-26(32)24-36(28-17-11-8-12-18-28,29-19-13-9-14-20-29)30-21-15-10-16-22-30;1-12(2)19-16(10-23)18(14-6-8-15(21)9-7-14)17(11-24-5)20(22-19)13(3)4;1-20(17-11-5-2-6-12-17,18-13-7-3-8-14-18)19-15-9-4-10-16-19;1-12(2,3)18(6,7)16-10(8-11(13)14)9-17(4,5)15/h13-18,22-23,27H,19-21H2,1-12H3;8-22,24,27H,23,25H2,1-7H3;6-10,12-13H,11H2,1-5H3;2-16H,1H2;10H,8-9H2,1-7H3,(H,13,14)/b18-17+;;;;/t2*27-;;;10-/m11..1/s1. The van der Waals surface area contributed by atoms with Gasteiger partial charge in [0.15, 0.2) is 42.8 Å². The number of benzene rings is 8. The van der Waals surface area contributed by atoms with Crippen molar-refractivity contribution in [3.8, 4) is 22.3 Å². The van der Waals surface area contributed by atoms with Gasteiger partial charge in [-0.2, -0.15) is 0 Å². The minimum atomic E-state index is -2.43. The minimum Gasteiger partial charge on any atom is -0.481 e. The molecular weight excluding hydrogens is 1890 g/mol. The molecule has 0 spiro atoms. The van der Waals surface area contributed by atoms with Crippen molar-refractivity contribution in [1.29, 1.82) is 0 Å². The lowest BCUT2D eigenvalue weighted by molar-refractivity contribution is -0.138. The smallest absolute Gasteiger partial charge is 0.305 e. The molecule has 760 valence electrons. The van der Waals surface area contributed by atoms with E-state index in [0.717, 1.165) is 83.9 Å². The van der Waals surface area contributed by atoms with E-state index in [-0.39, 0.29) is 87.4 Å². The number of aliphatic carboxylic acids is 1. The zero-order valence-corrected chi connectivity index (χ0v) is 96.9. The van der Waals surface area contributed by atoms with E-state index in [4.69, 9.17) is 44.1 Å². The Hall–Kier alpha value is -8.12. The predicted octanol–water partition coefficient (Wildman–Crippen LogP) is 28.0. The van der Waals surface area contributed by atoms with Crippen molar-refractivity contribution in [2.24, 2.45) is 0 Å². The van der Waals surface area contributed by atoms with E-state index in [1.165, 1.54) is 40.2 Å². The maximum atomic E-state index is 14.0. The Balaban J connectivity index is 0.000000278. The number of aldehydes is 1. The van der Waals surface area contributed by atoms with E-state index in [2.05, 4.69) is 271 Å². The SMILES string of the molecule is C=P(c1ccccc1)(c1ccccc1)c1ccccc1.CC(C)(C)[Si](C)(C)O[C@H](CC(=O)C=P(c1ccccc1)(c1ccccc1)c1ccccc1)CP(C)(C)=O.CC(C)(C)[Si](C)(C)O[C@H](CC(=O)O)CP(C)(C)=O.COCc1c(C(C)C)nc(C(C)C)c(/C=C/C(=O)C[C@H](CP(C)(C)=O)O[Si](C)(C)C(C)(C)C)c1-c1ccc(F)cc1.COCc1c(C(C)C)nc(C(C)C)c(C=O)c1-c1ccc(F)cc1. The highest BCUT2D eigenvalue weighted by Crippen LogP contribution is 2.50. The number of nitrogens with zero attached hydrogens (tertiary/aromatic N) is 2. The van der Waals surface area contributed by atoms with Crippen LogP contribution in [0.15, 0.2) is 237 Å². The van der Waals surface area contributed by atoms with Crippen LogP contribution in [0.2, 0.25) is 54.4 Å². The summed E-state index contributed by atoms with van der Waals surface area (Å²) in [6.45, 7) is 55.7. The van der Waals surface area contributed by atoms with E-state index in [1.54, 1.807) is 84.6 Å². The molecule has 140 heavy (non-hydrogen) atoms. The summed E-state index contributed by atoms with van der Waals surface area (Å²) >= 11 is 0. The van der Waals surface area contributed by atoms with E-state index in [0.29, 0.717) is 37.3 Å². The molecule has 0 saturated heterocycles. The topological polar surface area (TPSA) is 212 Å². The molecule has 0 saturated carbocycles. The normalized spacial score (nSPS) is 13.2. The van der Waals surface area contributed by atoms with Crippen LogP contribution >= 0.6 is 35.2 Å². The first-order valence-corrected chi connectivity index (χ1v) is 69.4. The summed E-state index contributed by atoms with van der Waals surface area (Å²) in [5.74, 6) is 0.937. The Morgan fingerprint density at radius 1 is 0.393 bits per heavy atom. The van der Waals surface area contributed by atoms with Crippen LogP contribution in [-0.2, 0) is 64.0 Å². The van der Waals surface area contributed by atoms with Gasteiger partial charge in [-0.15, -0.1) is 0 Å². The van der Waals surface area contributed by atoms with Gasteiger partial charge in [-0.25, -0.2) is 8.78 Å². The van der Waals surface area contributed by atoms with Crippen molar-refractivity contribution in [3.05, 3.63) is 293 Å². The van der Waals surface area contributed by atoms with Crippen molar-refractivity contribution >= 4 is 134 Å². The average molecular weight is 2060 g/mol. The molecule has 8 aromatic carbocycles. The number of ether oxygens (including phenoxy) is 2. The molecule has 10 aromatic rings. The number of allylic oxidation sites excluding steroid dienone is 1. The van der Waals surface area contributed by atoms with Crippen LogP contribution in [0, 0.1) is 11.6 Å². The molecule has 0 aliphatic carbocycles. The van der Waals surface area contributed by atoms with Crippen LogP contribution in [0.3, 0.4) is 0 Å². The first kappa shape index (κ1) is 121. The second-order valence-corrected chi connectivity index (χ2v) is 74.9. The fourth-order valence-corrected chi connectivity index (χ4v) is 30.7. The highest BCUT2D eigenvalue weighted by molar-refractivity contribution is 7.95.